The summed E-state index contributed by atoms with van der Waals surface area (Å²) in [4.78, 5) is 28.0. The molecule has 1 aromatic rings. The summed E-state index contributed by atoms with van der Waals surface area (Å²) in [6.07, 6.45) is 5.83. The molecule has 0 aromatic heterocycles. The minimum Gasteiger partial charge on any atom is -0.480 e. The third kappa shape index (κ3) is 4.21. The first-order valence-electron chi connectivity index (χ1n) is 9.35. The molecule has 136 valence electrons. The number of carboxylic acid groups (broad SMARTS) is 1. The zero-order chi connectivity index (χ0) is 17.8. The Morgan fingerprint density at radius 3 is 2.76 bits per heavy atom. The van der Waals surface area contributed by atoms with Gasteiger partial charge in [0.15, 0.2) is 0 Å². The van der Waals surface area contributed by atoms with Crippen LogP contribution in [0, 0.1) is 0 Å². The lowest BCUT2D eigenvalue weighted by molar-refractivity contribution is -0.138. The van der Waals surface area contributed by atoms with Crippen molar-refractivity contribution in [1.29, 1.82) is 0 Å². The summed E-state index contributed by atoms with van der Waals surface area (Å²) in [6.45, 7) is 1.58. The number of nitrogens with zero attached hydrogens (tertiary/aromatic N) is 2. The number of hydrogen-bond acceptors (Lipinski definition) is 3. The van der Waals surface area contributed by atoms with Gasteiger partial charge in [-0.05, 0) is 56.7 Å². The van der Waals surface area contributed by atoms with E-state index >= 15 is 0 Å². The number of amides is 1. The van der Waals surface area contributed by atoms with E-state index in [2.05, 4.69) is 18.2 Å². The molecule has 0 radical (unpaired) electrons. The standard InChI is InChI=1S/C20H28N2O3/c1-21(14-19(23)24)16-8-5-12-22(13-11-16)20(25)18-10-4-7-15-6-2-3-9-17(15)18/h2-3,6,9,16,18H,4-5,7-8,10-14H2,1H3,(H,23,24). The van der Waals surface area contributed by atoms with Gasteiger partial charge in [0, 0.05) is 19.1 Å². The molecule has 0 spiro atoms. The Kier molecular flexibility index (Phi) is 5.74. The van der Waals surface area contributed by atoms with Crippen LogP contribution in [0.1, 0.15) is 49.1 Å². The summed E-state index contributed by atoms with van der Waals surface area (Å²) >= 11 is 0. The number of carbonyl (C=O) groups is 2. The summed E-state index contributed by atoms with van der Waals surface area (Å²) in [5.74, 6) is -0.537. The maximum absolute atomic E-state index is 13.1. The van der Waals surface area contributed by atoms with Gasteiger partial charge < -0.3 is 10.0 Å². The highest BCUT2D eigenvalue weighted by Gasteiger charge is 2.31. The number of hydrogen-bond donors (Lipinski definition) is 1. The molecule has 2 aliphatic rings. The SMILES string of the molecule is CN(CC(=O)O)C1CCCN(C(=O)C2CCCc3ccccc32)CC1. The van der Waals surface area contributed by atoms with E-state index < -0.39 is 5.97 Å². The molecule has 0 saturated carbocycles. The van der Waals surface area contributed by atoms with Gasteiger partial charge in [-0.2, -0.15) is 0 Å². The second kappa shape index (κ2) is 8.00. The maximum Gasteiger partial charge on any atom is 0.317 e. The van der Waals surface area contributed by atoms with Gasteiger partial charge in [0.25, 0.3) is 0 Å². The van der Waals surface area contributed by atoms with Gasteiger partial charge in [-0.15, -0.1) is 0 Å². The molecule has 2 atom stereocenters. The maximum atomic E-state index is 13.1. The molecule has 2 unspecified atom stereocenters. The van der Waals surface area contributed by atoms with Crippen LogP contribution in [0.25, 0.3) is 0 Å². The van der Waals surface area contributed by atoms with E-state index in [-0.39, 0.29) is 24.4 Å². The predicted octanol–water partition coefficient (Wildman–Crippen LogP) is 2.50. The summed E-state index contributed by atoms with van der Waals surface area (Å²) < 4.78 is 0. The Hall–Kier alpha value is -1.88. The van der Waals surface area contributed by atoms with Crippen molar-refractivity contribution in [1.82, 2.24) is 9.80 Å². The van der Waals surface area contributed by atoms with Crippen LogP contribution in [0.3, 0.4) is 0 Å². The van der Waals surface area contributed by atoms with E-state index in [1.807, 2.05) is 22.9 Å². The second-order valence-corrected chi connectivity index (χ2v) is 7.36. The van der Waals surface area contributed by atoms with Crippen LogP contribution in [0.2, 0.25) is 0 Å². The molecule has 1 aromatic carbocycles. The number of carbonyl (C=O) groups excluding carboxylic acids is 1. The molecule has 5 nitrogen and oxygen atoms in total. The first-order chi connectivity index (χ1) is 12.1. The molecule has 1 aliphatic carbocycles. The molecular formula is C20H28N2O3. The Bertz CT molecular complexity index is 631. The van der Waals surface area contributed by atoms with Gasteiger partial charge in [-0.3, -0.25) is 14.5 Å². The van der Waals surface area contributed by atoms with E-state index in [0.29, 0.717) is 0 Å². The van der Waals surface area contributed by atoms with Gasteiger partial charge in [0.1, 0.15) is 0 Å². The fraction of sp³-hybridized carbons (Fsp3) is 0.600. The molecule has 1 aliphatic heterocycles. The van der Waals surface area contributed by atoms with E-state index in [1.165, 1.54) is 11.1 Å². The smallest absolute Gasteiger partial charge is 0.317 e. The molecular weight excluding hydrogens is 316 g/mol. The zero-order valence-corrected chi connectivity index (χ0v) is 15.0. The Morgan fingerprint density at radius 1 is 1.16 bits per heavy atom. The van der Waals surface area contributed by atoms with Crippen molar-refractivity contribution in [2.45, 2.75) is 50.5 Å². The molecule has 3 rings (SSSR count). The molecule has 1 saturated heterocycles. The Balaban J connectivity index is 1.65. The fourth-order valence-corrected chi connectivity index (χ4v) is 4.31. The van der Waals surface area contributed by atoms with Crippen molar-refractivity contribution in [3.63, 3.8) is 0 Å². The van der Waals surface area contributed by atoms with Gasteiger partial charge in [0.2, 0.25) is 5.91 Å². The first kappa shape index (κ1) is 17.9. The summed E-state index contributed by atoms with van der Waals surface area (Å²) in [5.41, 5.74) is 2.53. The number of likely N-dealkylation sites (tertiary alicyclic amines) is 1. The lowest BCUT2D eigenvalue weighted by Crippen LogP contribution is -2.39. The highest BCUT2D eigenvalue weighted by atomic mass is 16.4. The summed E-state index contributed by atoms with van der Waals surface area (Å²) in [5, 5.41) is 8.98. The van der Waals surface area contributed by atoms with Gasteiger partial charge >= 0.3 is 5.97 Å². The molecule has 5 heteroatoms. The minimum atomic E-state index is -0.793. The van der Waals surface area contributed by atoms with Crippen molar-refractivity contribution in [2.75, 3.05) is 26.7 Å². The molecule has 1 heterocycles. The van der Waals surface area contributed by atoms with Gasteiger partial charge in [-0.25, -0.2) is 0 Å². The van der Waals surface area contributed by atoms with Crippen LogP contribution in [0.5, 0.6) is 0 Å². The van der Waals surface area contributed by atoms with Gasteiger partial charge in [0.05, 0.1) is 12.5 Å². The van der Waals surface area contributed by atoms with Crippen molar-refractivity contribution >= 4 is 11.9 Å². The molecule has 1 amide bonds. The van der Waals surface area contributed by atoms with Crippen molar-refractivity contribution in [2.24, 2.45) is 0 Å². The van der Waals surface area contributed by atoms with Crippen LogP contribution in [-0.2, 0) is 16.0 Å². The largest absolute Gasteiger partial charge is 0.480 e. The fourth-order valence-electron chi connectivity index (χ4n) is 4.31. The lowest BCUT2D eigenvalue weighted by atomic mass is 9.82. The molecule has 1 fully saturated rings. The average molecular weight is 344 g/mol. The lowest BCUT2D eigenvalue weighted by Gasteiger charge is -2.30. The number of fused-ring (bicyclic) bond motifs is 1. The quantitative estimate of drug-likeness (QED) is 0.912. The normalized spacial score (nSPS) is 23.8. The Morgan fingerprint density at radius 2 is 1.96 bits per heavy atom. The number of aryl methyl sites for hydroxylation is 1. The van der Waals surface area contributed by atoms with Crippen LogP contribution in [-0.4, -0.2) is 59.5 Å². The van der Waals surface area contributed by atoms with Crippen LogP contribution in [0.4, 0.5) is 0 Å². The predicted molar refractivity (Wildman–Crippen MR) is 96.6 cm³/mol. The minimum absolute atomic E-state index is 0.00162. The molecule has 1 N–H and O–H groups in total. The number of rotatable bonds is 4. The molecule has 25 heavy (non-hydrogen) atoms. The van der Waals surface area contributed by atoms with E-state index in [0.717, 1.165) is 51.6 Å². The van der Waals surface area contributed by atoms with Crippen molar-refractivity contribution in [3.8, 4) is 0 Å². The highest BCUT2D eigenvalue weighted by Crippen LogP contribution is 2.33. The summed E-state index contributed by atoms with van der Waals surface area (Å²) in [6, 6.07) is 8.59. The van der Waals surface area contributed by atoms with Crippen LogP contribution >= 0.6 is 0 Å². The third-order valence-electron chi connectivity index (χ3n) is 5.68. The number of benzene rings is 1. The number of carboxylic acids is 1. The monoisotopic (exact) mass is 344 g/mol. The first-order valence-corrected chi connectivity index (χ1v) is 9.35. The van der Waals surface area contributed by atoms with Crippen LogP contribution < -0.4 is 0 Å². The average Bonchev–Trinajstić information content (AvgIpc) is 2.86. The molecule has 0 bridgehead atoms. The van der Waals surface area contributed by atoms with Gasteiger partial charge in [-0.1, -0.05) is 24.3 Å². The van der Waals surface area contributed by atoms with Crippen molar-refractivity contribution < 1.29 is 14.7 Å². The Labute approximate surface area is 149 Å². The topological polar surface area (TPSA) is 60.9 Å². The zero-order valence-electron chi connectivity index (χ0n) is 15.0. The van der Waals surface area contributed by atoms with Crippen molar-refractivity contribution in [3.05, 3.63) is 35.4 Å². The third-order valence-corrected chi connectivity index (χ3v) is 5.68. The second-order valence-electron chi connectivity index (χ2n) is 7.36. The van der Waals surface area contributed by atoms with E-state index in [4.69, 9.17) is 5.11 Å². The van der Waals surface area contributed by atoms with E-state index in [1.54, 1.807) is 0 Å². The number of aliphatic carboxylic acids is 1. The number of likely N-dealkylation sites (N-methyl/N-ethyl adjacent to an activating group) is 1. The summed E-state index contributed by atoms with van der Waals surface area (Å²) in [7, 11) is 1.87. The van der Waals surface area contributed by atoms with Crippen LogP contribution in [0.15, 0.2) is 24.3 Å². The highest BCUT2D eigenvalue weighted by molar-refractivity contribution is 5.84. The van der Waals surface area contributed by atoms with E-state index in [9.17, 15) is 9.59 Å².